The lowest BCUT2D eigenvalue weighted by Crippen LogP contribution is -2.42. The van der Waals surface area contributed by atoms with Crippen molar-refractivity contribution in [1.82, 2.24) is 10.0 Å². The van der Waals surface area contributed by atoms with Gasteiger partial charge in [0.2, 0.25) is 0 Å². The normalized spacial score (nSPS) is 15.5. The highest BCUT2D eigenvalue weighted by atomic mass is 16.4. The summed E-state index contributed by atoms with van der Waals surface area (Å²) in [5.74, 6) is 0. The number of carbonyl (C=O) groups is 1. The fourth-order valence-corrected chi connectivity index (χ4v) is 1.66. The van der Waals surface area contributed by atoms with Gasteiger partial charge in [0.1, 0.15) is 18.3 Å². The average Bonchev–Trinajstić information content (AvgIpc) is 2.50. The third-order valence-corrected chi connectivity index (χ3v) is 2.93. The Balaban J connectivity index is 0. The highest BCUT2D eigenvalue weighted by Gasteiger charge is 2.22. The van der Waals surface area contributed by atoms with Gasteiger partial charge in [-0.3, -0.25) is 0 Å². The summed E-state index contributed by atoms with van der Waals surface area (Å²) in [6.07, 6.45) is -4.63. The Morgan fingerprint density at radius 3 is 1.45 bits per heavy atom. The van der Waals surface area contributed by atoms with Gasteiger partial charge >= 0.3 is 0 Å². The van der Waals surface area contributed by atoms with E-state index >= 15 is 0 Å². The molecule has 0 radical (unpaired) electrons. The predicted octanol–water partition coefficient (Wildman–Crippen LogP) is -1.15. The van der Waals surface area contributed by atoms with Crippen LogP contribution in [0.5, 0.6) is 0 Å². The lowest BCUT2D eigenvalue weighted by molar-refractivity contribution is -0.127. The van der Waals surface area contributed by atoms with E-state index in [1.54, 1.807) is 0 Å². The van der Waals surface area contributed by atoms with Gasteiger partial charge in [0, 0.05) is 26.2 Å². The molecule has 0 unspecified atom stereocenters. The van der Waals surface area contributed by atoms with Crippen LogP contribution in [0.1, 0.15) is 27.7 Å². The second-order valence-corrected chi connectivity index (χ2v) is 4.14. The van der Waals surface area contributed by atoms with Gasteiger partial charge in [-0.25, -0.2) is 10.0 Å². The second kappa shape index (κ2) is 13.4. The third kappa shape index (κ3) is 8.57. The summed E-state index contributed by atoms with van der Waals surface area (Å²) < 4.78 is 0. The Hall–Kier alpha value is -0.570. The molecular formula is C13H30N2O5. The van der Waals surface area contributed by atoms with Gasteiger partial charge in [-0.05, 0) is 0 Å². The summed E-state index contributed by atoms with van der Waals surface area (Å²) >= 11 is 0. The van der Waals surface area contributed by atoms with E-state index in [0.717, 1.165) is 26.2 Å². The van der Waals surface area contributed by atoms with Crippen molar-refractivity contribution in [3.63, 3.8) is 0 Å². The summed E-state index contributed by atoms with van der Waals surface area (Å²) in [7, 11) is 0. The summed E-state index contributed by atoms with van der Waals surface area (Å²) in [6, 6.07) is 0. The molecule has 122 valence electrons. The van der Waals surface area contributed by atoms with E-state index in [1.807, 2.05) is 0 Å². The number of aliphatic hydroxyl groups is 4. The number of hydrazine groups is 1. The standard InChI is InChI=1S/C8H20N2.C5H10O5/c1-5-9(6-2)10(7-3)8-4;6-1-3(8)5(10)4(9)2-7/h5-8H2,1-4H3;1,3-5,7-10H,2H2/t;3-,4+,5-/m.0/s1. The maximum Gasteiger partial charge on any atom is 0.151 e. The molecule has 0 amide bonds. The zero-order chi connectivity index (χ0) is 16.1. The zero-order valence-electron chi connectivity index (χ0n) is 12.9. The minimum Gasteiger partial charge on any atom is -0.394 e. The number of hydrogen-bond donors (Lipinski definition) is 4. The van der Waals surface area contributed by atoms with Gasteiger partial charge in [0.05, 0.1) is 6.61 Å². The molecule has 0 spiro atoms. The third-order valence-electron chi connectivity index (χ3n) is 2.93. The van der Waals surface area contributed by atoms with E-state index in [1.165, 1.54) is 0 Å². The first kappa shape index (κ1) is 21.7. The Kier molecular flexibility index (Phi) is 14.6. The van der Waals surface area contributed by atoms with Crippen LogP contribution in [-0.4, -0.2) is 87.8 Å². The minimum absolute atomic E-state index is 0.0869. The SMILES string of the molecule is CCN(CC)N(CC)CC.O=C[C@H](O)[C@H](O)[C@H](O)CO. The molecule has 0 aliphatic rings. The Labute approximate surface area is 121 Å². The average molecular weight is 294 g/mol. The van der Waals surface area contributed by atoms with Crippen LogP contribution in [-0.2, 0) is 4.79 Å². The smallest absolute Gasteiger partial charge is 0.151 e. The monoisotopic (exact) mass is 294 g/mol. The molecule has 0 aromatic heterocycles. The van der Waals surface area contributed by atoms with Gasteiger partial charge in [0.15, 0.2) is 6.29 Å². The molecule has 0 bridgehead atoms. The highest BCUT2D eigenvalue weighted by Crippen LogP contribution is 1.96. The van der Waals surface area contributed by atoms with E-state index < -0.39 is 24.9 Å². The van der Waals surface area contributed by atoms with Crippen LogP contribution < -0.4 is 0 Å². The van der Waals surface area contributed by atoms with Crippen LogP contribution in [0, 0.1) is 0 Å². The van der Waals surface area contributed by atoms with E-state index in [0.29, 0.717) is 0 Å². The van der Waals surface area contributed by atoms with Crippen LogP contribution in [0.15, 0.2) is 0 Å². The van der Waals surface area contributed by atoms with Crippen LogP contribution in [0.4, 0.5) is 0 Å². The fraction of sp³-hybridized carbons (Fsp3) is 0.923. The number of aldehydes is 1. The molecule has 20 heavy (non-hydrogen) atoms. The van der Waals surface area contributed by atoms with Crippen LogP contribution in [0.3, 0.4) is 0 Å². The van der Waals surface area contributed by atoms with Gasteiger partial charge in [0.25, 0.3) is 0 Å². The Bertz CT molecular complexity index is 213. The number of rotatable bonds is 9. The molecule has 0 saturated carbocycles. The minimum atomic E-state index is -1.64. The predicted molar refractivity (Wildman–Crippen MR) is 77.0 cm³/mol. The summed E-state index contributed by atoms with van der Waals surface area (Å²) in [6.45, 7) is 12.6. The molecule has 3 atom stereocenters. The Morgan fingerprint density at radius 1 is 0.900 bits per heavy atom. The molecule has 4 N–H and O–H groups in total. The lowest BCUT2D eigenvalue weighted by atomic mass is 10.1. The molecule has 7 heteroatoms. The van der Waals surface area contributed by atoms with Crippen molar-refractivity contribution >= 4 is 6.29 Å². The second-order valence-electron chi connectivity index (χ2n) is 4.14. The zero-order valence-corrected chi connectivity index (χ0v) is 12.9. The fourth-order valence-electron chi connectivity index (χ4n) is 1.66. The lowest BCUT2D eigenvalue weighted by Gasteiger charge is -2.31. The molecule has 0 aromatic carbocycles. The van der Waals surface area contributed by atoms with E-state index in [-0.39, 0.29) is 6.29 Å². The topological polar surface area (TPSA) is 104 Å². The van der Waals surface area contributed by atoms with Crippen molar-refractivity contribution in [3.8, 4) is 0 Å². The summed E-state index contributed by atoms with van der Waals surface area (Å²) in [5.41, 5.74) is 0. The Morgan fingerprint density at radius 2 is 1.25 bits per heavy atom. The van der Waals surface area contributed by atoms with Crippen molar-refractivity contribution in [3.05, 3.63) is 0 Å². The maximum atomic E-state index is 9.76. The van der Waals surface area contributed by atoms with Gasteiger partial charge in [-0.2, -0.15) is 0 Å². The molecule has 0 saturated heterocycles. The molecule has 0 fully saturated rings. The van der Waals surface area contributed by atoms with Crippen LogP contribution in [0.25, 0.3) is 0 Å². The molecular weight excluding hydrogens is 264 g/mol. The molecule has 0 heterocycles. The van der Waals surface area contributed by atoms with Crippen LogP contribution >= 0.6 is 0 Å². The molecule has 0 aliphatic heterocycles. The molecule has 0 rings (SSSR count). The molecule has 7 nitrogen and oxygen atoms in total. The first-order valence-electron chi connectivity index (χ1n) is 7.03. The van der Waals surface area contributed by atoms with Gasteiger partial charge in [-0.1, -0.05) is 27.7 Å². The van der Waals surface area contributed by atoms with Gasteiger partial charge in [-0.15, -0.1) is 0 Å². The largest absolute Gasteiger partial charge is 0.394 e. The highest BCUT2D eigenvalue weighted by molar-refractivity contribution is 5.56. The van der Waals surface area contributed by atoms with E-state index in [4.69, 9.17) is 20.4 Å². The van der Waals surface area contributed by atoms with Crippen molar-refractivity contribution in [2.75, 3.05) is 32.8 Å². The van der Waals surface area contributed by atoms with Crippen LogP contribution in [0.2, 0.25) is 0 Å². The summed E-state index contributed by atoms with van der Waals surface area (Å²) in [5, 5.41) is 38.8. The van der Waals surface area contributed by atoms with Crippen molar-refractivity contribution in [1.29, 1.82) is 0 Å². The van der Waals surface area contributed by atoms with Crippen molar-refractivity contribution in [2.24, 2.45) is 0 Å². The quantitative estimate of drug-likeness (QED) is 0.314. The van der Waals surface area contributed by atoms with E-state index in [2.05, 4.69) is 37.7 Å². The number of nitrogens with zero attached hydrogens (tertiary/aromatic N) is 2. The first-order valence-corrected chi connectivity index (χ1v) is 7.03. The molecule has 0 aromatic rings. The van der Waals surface area contributed by atoms with Gasteiger partial charge < -0.3 is 25.2 Å². The summed E-state index contributed by atoms with van der Waals surface area (Å²) in [4.78, 5) is 9.76. The number of aliphatic hydroxyl groups excluding tert-OH is 4. The van der Waals surface area contributed by atoms with Crippen molar-refractivity contribution < 1.29 is 25.2 Å². The molecule has 0 aliphatic carbocycles. The maximum absolute atomic E-state index is 9.76. The van der Waals surface area contributed by atoms with Crippen molar-refractivity contribution in [2.45, 2.75) is 46.0 Å². The first-order chi connectivity index (χ1) is 9.42. The van der Waals surface area contributed by atoms with E-state index in [9.17, 15) is 4.79 Å². The number of carbonyl (C=O) groups excluding carboxylic acids is 1. The number of hydrogen-bond acceptors (Lipinski definition) is 7.